The molecule has 0 saturated carbocycles. The molecule has 1 N–H and O–H groups in total. The van der Waals surface area contributed by atoms with Crippen LogP contribution in [0.15, 0.2) is 18.2 Å². The van der Waals surface area contributed by atoms with Gasteiger partial charge in [0.15, 0.2) is 0 Å². The van der Waals surface area contributed by atoms with Crippen LogP contribution in [0.2, 0.25) is 0 Å². The van der Waals surface area contributed by atoms with E-state index >= 15 is 0 Å². The van der Waals surface area contributed by atoms with Crippen molar-refractivity contribution < 1.29 is 9.59 Å². The highest BCUT2D eigenvalue weighted by atomic mass is 16.2. The lowest BCUT2D eigenvalue weighted by Crippen LogP contribution is -2.32. The molecule has 1 aromatic rings. The van der Waals surface area contributed by atoms with E-state index in [1.54, 1.807) is 4.90 Å². The number of rotatable bonds is 6. The number of anilines is 1. The number of hydrogen-bond acceptors (Lipinski definition) is 3. The zero-order chi connectivity index (χ0) is 13.8. The number of carbonyl (C=O) groups is 2. The predicted octanol–water partition coefficient (Wildman–Crippen LogP) is 1.78. The van der Waals surface area contributed by atoms with E-state index in [1.165, 1.54) is 0 Å². The molecule has 1 aliphatic heterocycles. The Morgan fingerprint density at radius 1 is 1.21 bits per heavy atom. The van der Waals surface area contributed by atoms with E-state index in [0.717, 1.165) is 37.2 Å². The Hall–Kier alpha value is -1.68. The molecule has 4 heteroatoms. The first-order valence-corrected chi connectivity index (χ1v) is 6.88. The standard InChI is InChI=1S/C15H20N2O2/c1-3-11-6-7-13-12(10-11)14(18)15(19)17(13)9-5-8-16-4-2/h6-7,10,16H,3-5,8-9H2,1-2H3. The SMILES string of the molecule is CCNCCCN1C(=O)C(=O)c2cc(CC)ccc21. The van der Waals surface area contributed by atoms with Gasteiger partial charge in [0.2, 0.25) is 0 Å². The van der Waals surface area contributed by atoms with Crippen molar-refractivity contribution in [3.8, 4) is 0 Å². The van der Waals surface area contributed by atoms with Gasteiger partial charge < -0.3 is 10.2 Å². The monoisotopic (exact) mass is 260 g/mol. The van der Waals surface area contributed by atoms with Crippen molar-refractivity contribution in [1.82, 2.24) is 5.32 Å². The van der Waals surface area contributed by atoms with E-state index in [2.05, 4.69) is 5.32 Å². The summed E-state index contributed by atoms with van der Waals surface area (Å²) in [6.45, 7) is 6.46. The smallest absolute Gasteiger partial charge is 0.299 e. The number of amides is 1. The van der Waals surface area contributed by atoms with Gasteiger partial charge >= 0.3 is 0 Å². The average Bonchev–Trinajstić information content (AvgIpc) is 2.67. The number of ketones is 1. The zero-order valence-electron chi connectivity index (χ0n) is 11.5. The highest BCUT2D eigenvalue weighted by Gasteiger charge is 2.35. The fraction of sp³-hybridized carbons (Fsp3) is 0.467. The summed E-state index contributed by atoms with van der Waals surface area (Å²) >= 11 is 0. The highest BCUT2D eigenvalue weighted by Crippen LogP contribution is 2.29. The molecule has 1 amide bonds. The van der Waals surface area contributed by atoms with E-state index in [9.17, 15) is 9.59 Å². The predicted molar refractivity (Wildman–Crippen MR) is 75.7 cm³/mol. The van der Waals surface area contributed by atoms with Crippen molar-refractivity contribution in [1.29, 1.82) is 0 Å². The zero-order valence-corrected chi connectivity index (χ0v) is 11.5. The van der Waals surface area contributed by atoms with Crippen molar-refractivity contribution in [3.63, 3.8) is 0 Å². The Bertz CT molecular complexity index is 497. The van der Waals surface area contributed by atoms with Gasteiger partial charge in [-0.3, -0.25) is 9.59 Å². The summed E-state index contributed by atoms with van der Waals surface area (Å²) in [6.07, 6.45) is 1.72. The summed E-state index contributed by atoms with van der Waals surface area (Å²) in [5, 5.41) is 3.22. The van der Waals surface area contributed by atoms with Gasteiger partial charge in [-0.05, 0) is 43.6 Å². The molecular formula is C15H20N2O2. The molecule has 4 nitrogen and oxygen atoms in total. The van der Waals surface area contributed by atoms with Crippen molar-refractivity contribution in [2.24, 2.45) is 0 Å². The van der Waals surface area contributed by atoms with Gasteiger partial charge in [-0.2, -0.15) is 0 Å². The molecule has 102 valence electrons. The number of aryl methyl sites for hydroxylation is 1. The van der Waals surface area contributed by atoms with E-state index < -0.39 is 0 Å². The van der Waals surface area contributed by atoms with Gasteiger partial charge in [0, 0.05) is 6.54 Å². The number of nitrogens with one attached hydrogen (secondary N) is 1. The molecule has 0 bridgehead atoms. The van der Waals surface area contributed by atoms with Crippen molar-refractivity contribution in [2.45, 2.75) is 26.7 Å². The Kier molecular flexibility index (Phi) is 4.32. The Morgan fingerprint density at radius 2 is 2.00 bits per heavy atom. The minimum atomic E-state index is -0.389. The molecule has 0 fully saturated rings. The topological polar surface area (TPSA) is 49.4 Å². The molecule has 0 saturated heterocycles. The fourth-order valence-electron chi connectivity index (χ4n) is 2.33. The Morgan fingerprint density at radius 3 is 2.68 bits per heavy atom. The molecule has 1 aromatic carbocycles. The van der Waals surface area contributed by atoms with E-state index in [-0.39, 0.29) is 11.7 Å². The van der Waals surface area contributed by atoms with Crippen molar-refractivity contribution in [3.05, 3.63) is 29.3 Å². The average molecular weight is 260 g/mol. The second-order valence-electron chi connectivity index (χ2n) is 4.70. The quantitative estimate of drug-likeness (QED) is 0.626. The highest BCUT2D eigenvalue weighted by molar-refractivity contribution is 6.52. The summed E-state index contributed by atoms with van der Waals surface area (Å²) in [6, 6.07) is 5.73. The molecule has 0 atom stereocenters. The number of nitrogens with zero attached hydrogens (tertiary/aromatic N) is 1. The second kappa shape index (κ2) is 5.97. The first-order valence-electron chi connectivity index (χ1n) is 6.88. The van der Waals surface area contributed by atoms with Crippen LogP contribution in [0.5, 0.6) is 0 Å². The summed E-state index contributed by atoms with van der Waals surface area (Å²) < 4.78 is 0. The normalized spacial score (nSPS) is 14.1. The number of carbonyl (C=O) groups excluding carboxylic acids is 2. The molecule has 19 heavy (non-hydrogen) atoms. The van der Waals surface area contributed by atoms with Crippen LogP contribution in [0.1, 0.15) is 36.2 Å². The molecular weight excluding hydrogens is 240 g/mol. The van der Waals surface area contributed by atoms with Crippen LogP contribution in [0.4, 0.5) is 5.69 Å². The summed E-state index contributed by atoms with van der Waals surface area (Å²) in [4.78, 5) is 25.5. The maximum absolute atomic E-state index is 12.0. The van der Waals surface area contributed by atoms with Crippen LogP contribution in [0.3, 0.4) is 0 Å². The van der Waals surface area contributed by atoms with Crippen LogP contribution in [0.25, 0.3) is 0 Å². The van der Waals surface area contributed by atoms with E-state index in [1.807, 2.05) is 32.0 Å². The third kappa shape index (κ3) is 2.68. The molecule has 0 aliphatic carbocycles. The van der Waals surface area contributed by atoms with E-state index in [4.69, 9.17) is 0 Å². The molecule has 1 aliphatic rings. The Balaban J connectivity index is 2.15. The van der Waals surface area contributed by atoms with Gasteiger partial charge in [-0.1, -0.05) is 19.9 Å². The maximum Gasteiger partial charge on any atom is 0.299 e. The number of benzene rings is 1. The fourth-order valence-corrected chi connectivity index (χ4v) is 2.33. The lowest BCUT2D eigenvalue weighted by atomic mass is 10.1. The van der Waals surface area contributed by atoms with Gasteiger partial charge in [0.05, 0.1) is 11.3 Å². The third-order valence-electron chi connectivity index (χ3n) is 3.43. The molecule has 0 unspecified atom stereocenters. The van der Waals surface area contributed by atoms with Crippen LogP contribution >= 0.6 is 0 Å². The van der Waals surface area contributed by atoms with Crippen LogP contribution in [-0.4, -0.2) is 31.3 Å². The Labute approximate surface area is 113 Å². The molecule has 0 spiro atoms. The number of Topliss-reactive ketones (excluding diaryl/α,β-unsaturated/α-hetero) is 1. The molecule has 0 aromatic heterocycles. The first-order chi connectivity index (χ1) is 9.19. The second-order valence-corrected chi connectivity index (χ2v) is 4.70. The minimum Gasteiger partial charge on any atom is -0.317 e. The van der Waals surface area contributed by atoms with Crippen molar-refractivity contribution in [2.75, 3.05) is 24.5 Å². The van der Waals surface area contributed by atoms with Gasteiger partial charge in [0.1, 0.15) is 0 Å². The number of fused-ring (bicyclic) bond motifs is 1. The van der Waals surface area contributed by atoms with Gasteiger partial charge in [-0.25, -0.2) is 0 Å². The van der Waals surface area contributed by atoms with E-state index in [0.29, 0.717) is 12.1 Å². The van der Waals surface area contributed by atoms with Gasteiger partial charge in [0.25, 0.3) is 11.7 Å². The number of hydrogen-bond donors (Lipinski definition) is 1. The maximum atomic E-state index is 12.0. The largest absolute Gasteiger partial charge is 0.317 e. The summed E-state index contributed by atoms with van der Waals surface area (Å²) in [5.74, 6) is -0.756. The minimum absolute atomic E-state index is 0.367. The summed E-state index contributed by atoms with van der Waals surface area (Å²) in [7, 11) is 0. The third-order valence-corrected chi connectivity index (χ3v) is 3.43. The lowest BCUT2D eigenvalue weighted by molar-refractivity contribution is -0.114. The molecule has 2 rings (SSSR count). The molecule has 0 radical (unpaired) electrons. The molecule has 1 heterocycles. The summed E-state index contributed by atoms with van der Waals surface area (Å²) in [5.41, 5.74) is 2.42. The van der Waals surface area contributed by atoms with Gasteiger partial charge in [-0.15, -0.1) is 0 Å². The van der Waals surface area contributed by atoms with Crippen LogP contribution in [0, 0.1) is 0 Å². The lowest BCUT2D eigenvalue weighted by Gasteiger charge is -2.16. The van der Waals surface area contributed by atoms with Crippen molar-refractivity contribution >= 4 is 17.4 Å². The van der Waals surface area contributed by atoms with Crippen LogP contribution < -0.4 is 10.2 Å². The van der Waals surface area contributed by atoms with Crippen LogP contribution in [-0.2, 0) is 11.2 Å². The first kappa shape index (κ1) is 13.7.